The second-order valence-corrected chi connectivity index (χ2v) is 4.72. The molecule has 0 fully saturated rings. The highest BCUT2D eigenvalue weighted by molar-refractivity contribution is 7.08. The smallest absolute Gasteiger partial charge is 0.252 e. The Labute approximate surface area is 110 Å². The Morgan fingerprint density at radius 2 is 2.22 bits per heavy atom. The van der Waals surface area contributed by atoms with Crippen LogP contribution in [0.5, 0.6) is 0 Å². The van der Waals surface area contributed by atoms with Crippen molar-refractivity contribution < 1.29 is 14.7 Å². The number of hydrogen-bond donors (Lipinski definition) is 3. The van der Waals surface area contributed by atoms with E-state index in [1.807, 2.05) is 6.92 Å². The molecule has 18 heavy (non-hydrogen) atoms. The van der Waals surface area contributed by atoms with Gasteiger partial charge in [-0.3, -0.25) is 9.59 Å². The molecule has 0 saturated carbocycles. The third-order valence-electron chi connectivity index (χ3n) is 2.35. The molecule has 1 atom stereocenters. The molecule has 0 aliphatic carbocycles. The number of amides is 2. The largest absolute Gasteiger partial charge is 0.391 e. The van der Waals surface area contributed by atoms with Crippen molar-refractivity contribution in [3.05, 3.63) is 22.4 Å². The number of rotatable bonds is 7. The van der Waals surface area contributed by atoms with Crippen LogP contribution in [0, 0.1) is 0 Å². The van der Waals surface area contributed by atoms with Gasteiger partial charge >= 0.3 is 0 Å². The van der Waals surface area contributed by atoms with Crippen molar-refractivity contribution in [3.63, 3.8) is 0 Å². The van der Waals surface area contributed by atoms with E-state index in [1.165, 1.54) is 11.3 Å². The van der Waals surface area contributed by atoms with Gasteiger partial charge in [0.05, 0.1) is 12.6 Å². The van der Waals surface area contributed by atoms with E-state index in [9.17, 15) is 14.7 Å². The molecule has 0 aromatic carbocycles. The summed E-state index contributed by atoms with van der Waals surface area (Å²) in [5, 5.41) is 18.0. The van der Waals surface area contributed by atoms with Gasteiger partial charge in [0.25, 0.3) is 5.91 Å². The minimum Gasteiger partial charge on any atom is -0.391 e. The number of aliphatic hydroxyl groups excluding tert-OH is 1. The fourth-order valence-corrected chi connectivity index (χ4v) is 2.02. The average Bonchev–Trinajstić information content (AvgIpc) is 2.87. The van der Waals surface area contributed by atoms with Gasteiger partial charge in [0.15, 0.2) is 0 Å². The van der Waals surface area contributed by atoms with Gasteiger partial charge in [-0.25, -0.2) is 0 Å². The number of hydrogen-bond acceptors (Lipinski definition) is 4. The van der Waals surface area contributed by atoms with E-state index >= 15 is 0 Å². The fraction of sp³-hybridized carbons (Fsp3) is 0.500. The quantitative estimate of drug-likeness (QED) is 0.684. The molecule has 0 radical (unpaired) electrons. The zero-order valence-corrected chi connectivity index (χ0v) is 11.1. The number of aliphatic hydroxyl groups is 1. The third-order valence-corrected chi connectivity index (χ3v) is 3.03. The van der Waals surface area contributed by atoms with Crippen LogP contribution in [-0.2, 0) is 4.79 Å². The zero-order chi connectivity index (χ0) is 13.4. The van der Waals surface area contributed by atoms with Gasteiger partial charge in [0.2, 0.25) is 5.91 Å². The summed E-state index contributed by atoms with van der Waals surface area (Å²) in [4.78, 5) is 22.9. The monoisotopic (exact) mass is 270 g/mol. The molecule has 1 aromatic rings. The van der Waals surface area contributed by atoms with Gasteiger partial charge in [0, 0.05) is 17.5 Å². The van der Waals surface area contributed by atoms with Crippen LogP contribution in [0.1, 0.15) is 30.1 Å². The van der Waals surface area contributed by atoms with Crippen molar-refractivity contribution in [2.24, 2.45) is 0 Å². The van der Waals surface area contributed by atoms with Crippen molar-refractivity contribution in [1.29, 1.82) is 0 Å². The van der Waals surface area contributed by atoms with E-state index in [4.69, 9.17) is 0 Å². The Balaban J connectivity index is 2.19. The first-order valence-electron chi connectivity index (χ1n) is 5.88. The molecule has 1 heterocycles. The summed E-state index contributed by atoms with van der Waals surface area (Å²) in [5.41, 5.74) is 0.554. The maximum absolute atomic E-state index is 11.5. The summed E-state index contributed by atoms with van der Waals surface area (Å²) in [7, 11) is 0. The molecule has 0 aliphatic heterocycles. The first-order chi connectivity index (χ1) is 8.63. The molecule has 0 spiro atoms. The predicted molar refractivity (Wildman–Crippen MR) is 70.6 cm³/mol. The average molecular weight is 270 g/mol. The van der Waals surface area contributed by atoms with E-state index in [0.717, 1.165) is 6.42 Å². The standard InChI is InChI=1S/C12H18N2O3S/c1-2-3-10(15)6-13-11(16)7-14-12(17)9-4-5-18-8-9/h4-5,8,10,15H,2-3,6-7H2,1H3,(H,13,16)(H,14,17). The zero-order valence-electron chi connectivity index (χ0n) is 10.3. The molecule has 0 aliphatic rings. The Kier molecular flexibility index (Phi) is 6.38. The SMILES string of the molecule is CCCC(O)CNC(=O)CNC(=O)c1ccsc1. The summed E-state index contributed by atoms with van der Waals surface area (Å²) in [5.74, 6) is -0.561. The summed E-state index contributed by atoms with van der Waals surface area (Å²) in [6.07, 6.45) is 1.000. The van der Waals surface area contributed by atoms with Crippen molar-refractivity contribution in [2.75, 3.05) is 13.1 Å². The maximum atomic E-state index is 11.5. The van der Waals surface area contributed by atoms with Crippen LogP contribution >= 0.6 is 11.3 Å². The molecule has 1 unspecified atom stereocenters. The van der Waals surface area contributed by atoms with Crippen LogP contribution in [0.25, 0.3) is 0 Å². The van der Waals surface area contributed by atoms with E-state index in [1.54, 1.807) is 16.8 Å². The number of thiophene rings is 1. The Bertz CT molecular complexity index is 379. The molecule has 6 heteroatoms. The number of carbonyl (C=O) groups excluding carboxylic acids is 2. The lowest BCUT2D eigenvalue weighted by atomic mass is 10.2. The Hall–Kier alpha value is -1.40. The predicted octanol–water partition coefficient (Wildman–Crippen LogP) is 0.755. The van der Waals surface area contributed by atoms with Crippen LogP contribution in [0.15, 0.2) is 16.8 Å². The summed E-state index contributed by atoms with van der Waals surface area (Å²) < 4.78 is 0. The lowest BCUT2D eigenvalue weighted by Crippen LogP contribution is -2.39. The van der Waals surface area contributed by atoms with E-state index < -0.39 is 6.10 Å². The third kappa shape index (κ3) is 5.29. The normalized spacial score (nSPS) is 11.9. The van der Waals surface area contributed by atoms with Crippen LogP contribution < -0.4 is 10.6 Å². The summed E-state index contributed by atoms with van der Waals surface area (Å²) in [6, 6.07) is 1.70. The molecule has 1 aromatic heterocycles. The summed E-state index contributed by atoms with van der Waals surface area (Å²) in [6.45, 7) is 2.11. The lowest BCUT2D eigenvalue weighted by molar-refractivity contribution is -0.120. The molecule has 0 saturated heterocycles. The second kappa shape index (κ2) is 7.84. The van der Waals surface area contributed by atoms with Crippen molar-refractivity contribution >= 4 is 23.2 Å². The topological polar surface area (TPSA) is 78.4 Å². The van der Waals surface area contributed by atoms with Crippen LogP contribution in [0.4, 0.5) is 0 Å². The highest BCUT2D eigenvalue weighted by Crippen LogP contribution is 2.04. The highest BCUT2D eigenvalue weighted by atomic mass is 32.1. The van der Waals surface area contributed by atoms with Crippen LogP contribution in [-0.4, -0.2) is 36.1 Å². The molecule has 5 nitrogen and oxygen atoms in total. The molecule has 100 valence electrons. The van der Waals surface area contributed by atoms with E-state index in [0.29, 0.717) is 12.0 Å². The van der Waals surface area contributed by atoms with Gasteiger partial charge in [-0.2, -0.15) is 11.3 Å². The minimum absolute atomic E-state index is 0.0759. The van der Waals surface area contributed by atoms with E-state index in [2.05, 4.69) is 10.6 Å². The first kappa shape index (κ1) is 14.7. The van der Waals surface area contributed by atoms with Gasteiger partial charge in [-0.15, -0.1) is 0 Å². The molecular formula is C12H18N2O3S. The van der Waals surface area contributed by atoms with Crippen molar-refractivity contribution in [3.8, 4) is 0 Å². The summed E-state index contributed by atoms with van der Waals surface area (Å²) >= 11 is 1.43. The van der Waals surface area contributed by atoms with Crippen molar-refractivity contribution in [1.82, 2.24) is 10.6 Å². The molecule has 1 rings (SSSR count). The lowest BCUT2D eigenvalue weighted by Gasteiger charge is -2.10. The van der Waals surface area contributed by atoms with Gasteiger partial charge in [0.1, 0.15) is 0 Å². The second-order valence-electron chi connectivity index (χ2n) is 3.94. The fourth-order valence-electron chi connectivity index (χ4n) is 1.39. The molecular weight excluding hydrogens is 252 g/mol. The van der Waals surface area contributed by atoms with Crippen LogP contribution in [0.2, 0.25) is 0 Å². The van der Waals surface area contributed by atoms with E-state index in [-0.39, 0.29) is 24.9 Å². The first-order valence-corrected chi connectivity index (χ1v) is 6.83. The van der Waals surface area contributed by atoms with Gasteiger partial charge in [-0.05, 0) is 17.9 Å². The Morgan fingerprint density at radius 3 is 2.83 bits per heavy atom. The molecule has 2 amide bonds. The number of nitrogens with one attached hydrogen (secondary N) is 2. The van der Waals surface area contributed by atoms with Crippen molar-refractivity contribution in [2.45, 2.75) is 25.9 Å². The highest BCUT2D eigenvalue weighted by Gasteiger charge is 2.09. The van der Waals surface area contributed by atoms with Gasteiger partial charge < -0.3 is 15.7 Å². The Morgan fingerprint density at radius 1 is 1.44 bits per heavy atom. The molecule has 0 bridgehead atoms. The molecule has 3 N–H and O–H groups in total. The number of carbonyl (C=O) groups is 2. The maximum Gasteiger partial charge on any atom is 0.252 e. The van der Waals surface area contributed by atoms with Crippen LogP contribution in [0.3, 0.4) is 0 Å². The minimum atomic E-state index is -0.522. The van der Waals surface area contributed by atoms with Gasteiger partial charge in [-0.1, -0.05) is 13.3 Å².